The van der Waals surface area contributed by atoms with E-state index < -0.39 is 10.0 Å². The van der Waals surface area contributed by atoms with E-state index in [0.717, 1.165) is 32.1 Å². The van der Waals surface area contributed by atoms with Crippen LogP contribution in [0.5, 0.6) is 0 Å². The lowest BCUT2D eigenvalue weighted by Gasteiger charge is -2.31. The van der Waals surface area contributed by atoms with E-state index in [2.05, 4.69) is 0 Å². The first kappa shape index (κ1) is 13.9. The van der Waals surface area contributed by atoms with Gasteiger partial charge in [-0.1, -0.05) is 6.42 Å². The van der Waals surface area contributed by atoms with E-state index in [0.29, 0.717) is 19.0 Å². The third kappa shape index (κ3) is 4.80. The lowest BCUT2D eigenvalue weighted by molar-refractivity contribution is 0.172. The Labute approximate surface area is 98.7 Å². The normalized spacial score (nSPS) is 25.6. The molecule has 0 amide bonds. The van der Waals surface area contributed by atoms with Gasteiger partial charge in [-0.05, 0) is 38.5 Å². The molecule has 1 aliphatic heterocycles. The second-order valence-electron chi connectivity index (χ2n) is 4.91. The minimum absolute atomic E-state index is 0.241. The van der Waals surface area contributed by atoms with Crippen LogP contribution in [0.2, 0.25) is 0 Å². The number of rotatable bonds is 5. The summed E-state index contributed by atoms with van der Waals surface area (Å²) in [7, 11) is -3.02. The van der Waals surface area contributed by atoms with Crippen molar-refractivity contribution in [2.45, 2.75) is 45.1 Å². The van der Waals surface area contributed by atoms with Crippen LogP contribution in [-0.4, -0.2) is 43.3 Å². The zero-order valence-electron chi connectivity index (χ0n) is 10.2. The molecule has 4 nitrogen and oxygen atoms in total. The Morgan fingerprint density at radius 3 is 2.75 bits per heavy atom. The highest BCUT2D eigenvalue weighted by Gasteiger charge is 2.25. The van der Waals surface area contributed by atoms with E-state index in [1.807, 2.05) is 0 Å². The van der Waals surface area contributed by atoms with Crippen molar-refractivity contribution < 1.29 is 13.5 Å². The number of piperidine rings is 1. The first-order valence-electron chi connectivity index (χ1n) is 6.03. The van der Waals surface area contributed by atoms with Crippen LogP contribution in [0.1, 0.15) is 39.0 Å². The summed E-state index contributed by atoms with van der Waals surface area (Å²) in [5.41, 5.74) is 0. The van der Waals surface area contributed by atoms with Crippen LogP contribution >= 0.6 is 0 Å². The van der Waals surface area contributed by atoms with Gasteiger partial charge in [0, 0.05) is 13.1 Å². The fraction of sp³-hybridized carbons (Fsp3) is 1.00. The van der Waals surface area contributed by atoms with Crippen molar-refractivity contribution in [2.75, 3.05) is 19.3 Å². The van der Waals surface area contributed by atoms with Crippen LogP contribution in [0.15, 0.2) is 0 Å². The third-order valence-corrected chi connectivity index (χ3v) is 4.45. The lowest BCUT2D eigenvalue weighted by atomic mass is 9.93. The summed E-state index contributed by atoms with van der Waals surface area (Å²) >= 11 is 0. The van der Waals surface area contributed by atoms with Gasteiger partial charge in [0.15, 0.2) is 0 Å². The smallest absolute Gasteiger partial charge is 0.211 e. The topological polar surface area (TPSA) is 57.6 Å². The SMILES string of the molecule is CC(O)CCCC1CCCN(S(C)(=O)=O)C1. The van der Waals surface area contributed by atoms with Gasteiger partial charge >= 0.3 is 0 Å². The standard InChI is InChI=1S/C11H23NO3S/c1-10(13)5-3-6-11-7-4-8-12(9-11)16(2,14)15/h10-11,13H,3-9H2,1-2H3. The molecule has 0 aromatic rings. The number of aliphatic hydroxyl groups excluding tert-OH is 1. The number of hydrogen-bond acceptors (Lipinski definition) is 3. The van der Waals surface area contributed by atoms with Gasteiger partial charge in [-0.3, -0.25) is 0 Å². The van der Waals surface area contributed by atoms with E-state index in [1.165, 1.54) is 6.26 Å². The van der Waals surface area contributed by atoms with Crippen LogP contribution in [0.3, 0.4) is 0 Å². The summed E-state index contributed by atoms with van der Waals surface area (Å²) in [4.78, 5) is 0. The Morgan fingerprint density at radius 2 is 2.19 bits per heavy atom. The molecule has 0 saturated carbocycles. The van der Waals surface area contributed by atoms with Crippen molar-refractivity contribution in [1.82, 2.24) is 4.31 Å². The van der Waals surface area contributed by atoms with Gasteiger partial charge < -0.3 is 5.11 Å². The van der Waals surface area contributed by atoms with Gasteiger partial charge in [-0.25, -0.2) is 12.7 Å². The Kier molecular flexibility index (Phi) is 5.21. The molecule has 0 aromatic carbocycles. The molecule has 0 aromatic heterocycles. The number of sulfonamides is 1. The zero-order chi connectivity index (χ0) is 12.2. The maximum Gasteiger partial charge on any atom is 0.211 e. The number of nitrogens with zero attached hydrogens (tertiary/aromatic N) is 1. The van der Waals surface area contributed by atoms with Crippen molar-refractivity contribution in [3.63, 3.8) is 0 Å². The first-order valence-corrected chi connectivity index (χ1v) is 7.87. The molecule has 2 atom stereocenters. The monoisotopic (exact) mass is 249 g/mol. The number of aliphatic hydroxyl groups is 1. The van der Waals surface area contributed by atoms with E-state index in [9.17, 15) is 8.42 Å². The van der Waals surface area contributed by atoms with Crippen LogP contribution in [0.4, 0.5) is 0 Å². The van der Waals surface area contributed by atoms with Gasteiger partial charge in [0.05, 0.1) is 12.4 Å². The van der Waals surface area contributed by atoms with E-state index in [-0.39, 0.29) is 6.10 Å². The van der Waals surface area contributed by atoms with Crippen LogP contribution in [0, 0.1) is 5.92 Å². The minimum Gasteiger partial charge on any atom is -0.393 e. The molecule has 2 unspecified atom stereocenters. The van der Waals surface area contributed by atoms with Crippen molar-refractivity contribution in [2.24, 2.45) is 5.92 Å². The summed E-state index contributed by atoms with van der Waals surface area (Å²) in [6.45, 7) is 3.13. The van der Waals surface area contributed by atoms with Crippen LogP contribution in [-0.2, 0) is 10.0 Å². The van der Waals surface area contributed by atoms with Gasteiger partial charge in [0.2, 0.25) is 10.0 Å². The average molecular weight is 249 g/mol. The van der Waals surface area contributed by atoms with E-state index in [1.54, 1.807) is 11.2 Å². The molecule has 1 aliphatic rings. The fourth-order valence-corrected chi connectivity index (χ4v) is 3.21. The predicted molar refractivity (Wildman–Crippen MR) is 64.7 cm³/mol. The van der Waals surface area contributed by atoms with Crippen molar-refractivity contribution in [3.05, 3.63) is 0 Å². The molecule has 16 heavy (non-hydrogen) atoms. The molecule has 0 spiro atoms. The van der Waals surface area contributed by atoms with E-state index in [4.69, 9.17) is 5.11 Å². The van der Waals surface area contributed by atoms with Crippen molar-refractivity contribution in [1.29, 1.82) is 0 Å². The fourth-order valence-electron chi connectivity index (χ4n) is 2.27. The summed E-state index contributed by atoms with van der Waals surface area (Å²) in [5, 5.41) is 9.16. The Morgan fingerprint density at radius 1 is 1.50 bits per heavy atom. The first-order chi connectivity index (χ1) is 7.39. The maximum absolute atomic E-state index is 11.4. The van der Waals surface area contributed by atoms with Crippen molar-refractivity contribution in [3.8, 4) is 0 Å². The highest BCUT2D eigenvalue weighted by atomic mass is 32.2. The Bertz CT molecular complexity index is 300. The molecular weight excluding hydrogens is 226 g/mol. The quantitative estimate of drug-likeness (QED) is 0.796. The molecule has 5 heteroatoms. The van der Waals surface area contributed by atoms with Gasteiger partial charge in [0.25, 0.3) is 0 Å². The molecule has 0 radical (unpaired) electrons. The molecule has 1 N–H and O–H groups in total. The van der Waals surface area contributed by atoms with Crippen molar-refractivity contribution >= 4 is 10.0 Å². The van der Waals surface area contributed by atoms with Gasteiger partial charge in [-0.2, -0.15) is 0 Å². The molecule has 1 rings (SSSR count). The Balaban J connectivity index is 2.34. The minimum atomic E-state index is -3.02. The molecule has 1 heterocycles. The molecule has 0 aliphatic carbocycles. The highest BCUT2D eigenvalue weighted by molar-refractivity contribution is 7.88. The summed E-state index contributed by atoms with van der Waals surface area (Å²) in [6.07, 6.45) is 5.95. The summed E-state index contributed by atoms with van der Waals surface area (Å²) in [5.74, 6) is 0.474. The molecule has 1 fully saturated rings. The third-order valence-electron chi connectivity index (χ3n) is 3.19. The van der Waals surface area contributed by atoms with Crippen LogP contribution in [0.25, 0.3) is 0 Å². The second kappa shape index (κ2) is 5.98. The van der Waals surface area contributed by atoms with Gasteiger partial charge in [0.1, 0.15) is 0 Å². The maximum atomic E-state index is 11.4. The second-order valence-corrected chi connectivity index (χ2v) is 6.89. The molecule has 1 saturated heterocycles. The average Bonchev–Trinajstić information content (AvgIpc) is 2.16. The summed E-state index contributed by atoms with van der Waals surface area (Å²) < 4.78 is 24.4. The van der Waals surface area contributed by atoms with Crippen LogP contribution < -0.4 is 0 Å². The zero-order valence-corrected chi connectivity index (χ0v) is 11.0. The highest BCUT2D eigenvalue weighted by Crippen LogP contribution is 2.23. The molecule has 0 bridgehead atoms. The predicted octanol–water partition coefficient (Wildman–Crippen LogP) is 1.21. The largest absolute Gasteiger partial charge is 0.393 e. The molecular formula is C11H23NO3S. The molecule has 96 valence electrons. The van der Waals surface area contributed by atoms with Gasteiger partial charge in [-0.15, -0.1) is 0 Å². The number of hydrogen-bond donors (Lipinski definition) is 1. The summed E-state index contributed by atoms with van der Waals surface area (Å²) in [6, 6.07) is 0. The lowest BCUT2D eigenvalue weighted by Crippen LogP contribution is -2.39. The van der Waals surface area contributed by atoms with E-state index >= 15 is 0 Å². The Hall–Kier alpha value is -0.130.